The summed E-state index contributed by atoms with van der Waals surface area (Å²) in [6.07, 6.45) is 3.16. The van der Waals surface area contributed by atoms with Gasteiger partial charge in [-0.15, -0.1) is 0 Å². The summed E-state index contributed by atoms with van der Waals surface area (Å²) in [6, 6.07) is 0.583. The van der Waals surface area contributed by atoms with Gasteiger partial charge in [-0.25, -0.2) is 0 Å². The summed E-state index contributed by atoms with van der Waals surface area (Å²) in [5.41, 5.74) is 0. The van der Waals surface area contributed by atoms with Gasteiger partial charge in [0.15, 0.2) is 0 Å². The molecule has 0 radical (unpaired) electrons. The molecule has 1 N–H and O–H groups in total. The van der Waals surface area contributed by atoms with E-state index in [0.29, 0.717) is 6.04 Å². The maximum atomic E-state index is 9.46. The van der Waals surface area contributed by atoms with Crippen molar-refractivity contribution in [2.75, 3.05) is 26.3 Å². The Kier molecular flexibility index (Phi) is 2.63. The normalized spacial score (nSPS) is 38.8. The van der Waals surface area contributed by atoms with Gasteiger partial charge >= 0.3 is 0 Å². The minimum Gasteiger partial charge on any atom is -0.392 e. The molecule has 0 spiro atoms. The molecule has 3 nitrogen and oxygen atoms in total. The van der Waals surface area contributed by atoms with E-state index in [-0.39, 0.29) is 6.10 Å². The van der Waals surface area contributed by atoms with E-state index in [2.05, 4.69) is 4.90 Å². The number of aliphatic hydroxyl groups excluding tert-OH is 1. The van der Waals surface area contributed by atoms with Crippen molar-refractivity contribution in [1.82, 2.24) is 4.90 Å². The van der Waals surface area contributed by atoms with Crippen molar-refractivity contribution in [3.63, 3.8) is 0 Å². The van der Waals surface area contributed by atoms with Crippen LogP contribution in [0.3, 0.4) is 0 Å². The van der Waals surface area contributed by atoms with Gasteiger partial charge in [0.2, 0.25) is 0 Å². The van der Waals surface area contributed by atoms with Crippen LogP contribution in [0, 0.1) is 0 Å². The van der Waals surface area contributed by atoms with E-state index < -0.39 is 0 Å². The molecule has 70 valence electrons. The second kappa shape index (κ2) is 3.73. The van der Waals surface area contributed by atoms with E-state index in [1.807, 2.05) is 0 Å². The minimum atomic E-state index is -0.0978. The van der Waals surface area contributed by atoms with Crippen LogP contribution in [0.2, 0.25) is 0 Å². The largest absolute Gasteiger partial charge is 0.392 e. The molecule has 0 bridgehead atoms. The zero-order chi connectivity index (χ0) is 8.39. The standard InChI is InChI=1S/C9H17NO2/c11-9-2-1-4-10(6-9)8-3-5-12-7-8/h8-9,11H,1-7H2. The molecule has 2 saturated heterocycles. The van der Waals surface area contributed by atoms with Crippen molar-refractivity contribution in [2.45, 2.75) is 31.4 Å². The number of ether oxygens (including phenoxy) is 1. The summed E-state index contributed by atoms with van der Waals surface area (Å²) < 4.78 is 5.32. The zero-order valence-corrected chi connectivity index (χ0v) is 7.41. The second-order valence-electron chi connectivity index (χ2n) is 3.81. The van der Waals surface area contributed by atoms with Crippen molar-refractivity contribution in [1.29, 1.82) is 0 Å². The molecule has 2 unspecified atom stereocenters. The quantitative estimate of drug-likeness (QED) is 0.613. The van der Waals surface area contributed by atoms with Gasteiger partial charge < -0.3 is 9.84 Å². The Labute approximate surface area is 73.3 Å². The summed E-state index contributed by atoms with van der Waals surface area (Å²) in [6.45, 7) is 3.77. The third kappa shape index (κ3) is 1.79. The highest BCUT2D eigenvalue weighted by molar-refractivity contribution is 4.80. The molecule has 0 aromatic rings. The van der Waals surface area contributed by atoms with E-state index in [1.165, 1.54) is 0 Å². The maximum Gasteiger partial charge on any atom is 0.0667 e. The lowest BCUT2D eigenvalue weighted by atomic mass is 10.1. The van der Waals surface area contributed by atoms with Crippen LogP contribution in [-0.4, -0.2) is 48.5 Å². The number of rotatable bonds is 1. The third-order valence-corrected chi connectivity index (χ3v) is 2.85. The number of β-amino-alcohol motifs (C(OH)–C–C–N with tert-alkyl or cyclic N) is 1. The molecule has 0 aromatic heterocycles. The predicted molar refractivity (Wildman–Crippen MR) is 46.0 cm³/mol. The Morgan fingerprint density at radius 2 is 2.25 bits per heavy atom. The Morgan fingerprint density at radius 3 is 2.92 bits per heavy atom. The molecule has 0 amide bonds. The molecule has 2 rings (SSSR count). The van der Waals surface area contributed by atoms with Crippen LogP contribution < -0.4 is 0 Å². The Bertz CT molecular complexity index is 145. The van der Waals surface area contributed by atoms with Gasteiger partial charge in [-0.05, 0) is 25.8 Å². The van der Waals surface area contributed by atoms with Crippen molar-refractivity contribution in [2.24, 2.45) is 0 Å². The molecule has 0 aromatic carbocycles. The minimum absolute atomic E-state index is 0.0978. The first-order valence-corrected chi connectivity index (χ1v) is 4.86. The summed E-state index contributed by atoms with van der Waals surface area (Å²) in [7, 11) is 0. The van der Waals surface area contributed by atoms with E-state index in [1.54, 1.807) is 0 Å². The average Bonchev–Trinajstić information content (AvgIpc) is 2.56. The van der Waals surface area contributed by atoms with Crippen molar-refractivity contribution < 1.29 is 9.84 Å². The molecule has 2 heterocycles. The molecule has 3 heteroatoms. The van der Waals surface area contributed by atoms with E-state index in [9.17, 15) is 5.11 Å². The fourth-order valence-corrected chi connectivity index (χ4v) is 2.12. The Balaban J connectivity index is 1.85. The highest BCUT2D eigenvalue weighted by atomic mass is 16.5. The van der Waals surface area contributed by atoms with Gasteiger partial charge in [-0.1, -0.05) is 0 Å². The summed E-state index contributed by atoms with van der Waals surface area (Å²) in [4.78, 5) is 2.38. The maximum absolute atomic E-state index is 9.46. The van der Waals surface area contributed by atoms with Crippen LogP contribution in [0.1, 0.15) is 19.3 Å². The van der Waals surface area contributed by atoms with Gasteiger partial charge in [0.05, 0.1) is 12.7 Å². The highest BCUT2D eigenvalue weighted by Gasteiger charge is 2.27. The number of piperidine rings is 1. The van der Waals surface area contributed by atoms with Gasteiger partial charge in [0.25, 0.3) is 0 Å². The van der Waals surface area contributed by atoms with Gasteiger partial charge in [-0.2, -0.15) is 0 Å². The van der Waals surface area contributed by atoms with E-state index in [4.69, 9.17) is 4.74 Å². The molecule has 0 aliphatic carbocycles. The number of hydrogen-bond donors (Lipinski definition) is 1. The molecule has 2 aliphatic heterocycles. The fraction of sp³-hybridized carbons (Fsp3) is 1.00. The number of hydrogen-bond acceptors (Lipinski definition) is 3. The molecule has 2 aliphatic rings. The number of aliphatic hydroxyl groups is 1. The summed E-state index contributed by atoms with van der Waals surface area (Å²) >= 11 is 0. The predicted octanol–water partition coefficient (Wildman–Crippen LogP) is 0.232. The van der Waals surface area contributed by atoms with Crippen molar-refractivity contribution in [3.8, 4) is 0 Å². The summed E-state index contributed by atoms with van der Waals surface area (Å²) in [5.74, 6) is 0. The molecular weight excluding hydrogens is 154 g/mol. The first-order chi connectivity index (χ1) is 5.86. The lowest BCUT2D eigenvalue weighted by Gasteiger charge is -2.33. The first kappa shape index (κ1) is 8.48. The number of likely N-dealkylation sites (tertiary alicyclic amines) is 1. The molecule has 2 fully saturated rings. The first-order valence-electron chi connectivity index (χ1n) is 4.86. The molecule has 12 heavy (non-hydrogen) atoms. The monoisotopic (exact) mass is 171 g/mol. The highest BCUT2D eigenvalue weighted by Crippen LogP contribution is 2.18. The van der Waals surface area contributed by atoms with E-state index >= 15 is 0 Å². The lowest BCUT2D eigenvalue weighted by Crippen LogP contribution is -2.44. The van der Waals surface area contributed by atoms with Crippen molar-refractivity contribution in [3.05, 3.63) is 0 Å². The van der Waals surface area contributed by atoms with Crippen LogP contribution in [0.25, 0.3) is 0 Å². The van der Waals surface area contributed by atoms with E-state index in [0.717, 1.165) is 45.6 Å². The molecular formula is C9H17NO2. The van der Waals surface area contributed by atoms with Gasteiger partial charge in [-0.3, -0.25) is 4.90 Å². The Hall–Kier alpha value is -0.120. The van der Waals surface area contributed by atoms with Gasteiger partial charge in [0.1, 0.15) is 0 Å². The second-order valence-corrected chi connectivity index (χ2v) is 3.81. The SMILES string of the molecule is OC1CCCN(C2CCOC2)C1. The smallest absolute Gasteiger partial charge is 0.0667 e. The van der Waals surface area contributed by atoms with Crippen molar-refractivity contribution >= 4 is 0 Å². The van der Waals surface area contributed by atoms with Crippen LogP contribution in [0.4, 0.5) is 0 Å². The van der Waals surface area contributed by atoms with Crippen LogP contribution in [0.5, 0.6) is 0 Å². The topological polar surface area (TPSA) is 32.7 Å². The fourth-order valence-electron chi connectivity index (χ4n) is 2.12. The number of nitrogens with zero attached hydrogens (tertiary/aromatic N) is 1. The lowest BCUT2D eigenvalue weighted by molar-refractivity contribution is 0.0422. The average molecular weight is 171 g/mol. The Morgan fingerprint density at radius 1 is 1.33 bits per heavy atom. The van der Waals surface area contributed by atoms with Crippen LogP contribution in [-0.2, 0) is 4.74 Å². The van der Waals surface area contributed by atoms with Crippen LogP contribution in [0.15, 0.2) is 0 Å². The third-order valence-electron chi connectivity index (χ3n) is 2.85. The zero-order valence-electron chi connectivity index (χ0n) is 7.41. The molecule has 0 saturated carbocycles. The summed E-state index contributed by atoms with van der Waals surface area (Å²) in [5, 5.41) is 9.46. The molecule has 2 atom stereocenters. The van der Waals surface area contributed by atoms with Gasteiger partial charge in [0, 0.05) is 19.2 Å². The van der Waals surface area contributed by atoms with Crippen LogP contribution >= 0.6 is 0 Å².